The number of nitrogen functional groups attached to an aromatic ring is 1. The highest BCUT2D eigenvalue weighted by molar-refractivity contribution is 6.16. The van der Waals surface area contributed by atoms with Crippen molar-refractivity contribution >= 4 is 38.6 Å². The molecular formula is C52H38N2. The average Bonchev–Trinajstić information content (AvgIpc) is 3.70. The number of para-hydroxylation sites is 1. The average molecular weight is 691 g/mol. The van der Waals surface area contributed by atoms with E-state index in [1.807, 2.05) is 36.4 Å². The van der Waals surface area contributed by atoms with E-state index in [0.717, 1.165) is 22.6 Å². The van der Waals surface area contributed by atoms with Crippen LogP contribution in [-0.4, -0.2) is 0 Å². The summed E-state index contributed by atoms with van der Waals surface area (Å²) in [7, 11) is 0. The zero-order valence-corrected chi connectivity index (χ0v) is 30.1. The van der Waals surface area contributed by atoms with Crippen LogP contribution in [0.15, 0.2) is 194 Å². The van der Waals surface area contributed by atoms with Gasteiger partial charge in [-0.1, -0.05) is 169 Å². The Hall–Kier alpha value is -6.90. The van der Waals surface area contributed by atoms with Gasteiger partial charge < -0.3 is 11.1 Å². The lowest BCUT2D eigenvalue weighted by molar-refractivity contribution is 0.795. The van der Waals surface area contributed by atoms with Gasteiger partial charge in [-0.15, -0.1) is 0 Å². The molecule has 0 saturated heterocycles. The molecule has 0 fully saturated rings. The van der Waals surface area contributed by atoms with Gasteiger partial charge in [0.1, 0.15) is 0 Å². The van der Waals surface area contributed by atoms with E-state index in [0.29, 0.717) is 0 Å². The molecule has 54 heavy (non-hydrogen) atoms. The Morgan fingerprint density at radius 2 is 1.00 bits per heavy atom. The van der Waals surface area contributed by atoms with Crippen LogP contribution in [-0.2, 0) is 5.41 Å². The van der Waals surface area contributed by atoms with Gasteiger partial charge >= 0.3 is 0 Å². The third-order valence-electron chi connectivity index (χ3n) is 11.3. The Bertz CT molecular complexity index is 2830. The first kappa shape index (κ1) is 31.8. The first-order valence-electron chi connectivity index (χ1n) is 18.6. The summed E-state index contributed by atoms with van der Waals surface area (Å²) < 4.78 is 0. The minimum atomic E-state index is -0.443. The number of hydrogen-bond donors (Lipinski definition) is 2. The third kappa shape index (κ3) is 4.81. The number of hydrogen-bond acceptors (Lipinski definition) is 2. The number of anilines is 3. The van der Waals surface area contributed by atoms with E-state index in [2.05, 4.69) is 170 Å². The van der Waals surface area contributed by atoms with Gasteiger partial charge in [-0.2, -0.15) is 0 Å². The van der Waals surface area contributed by atoms with Crippen molar-refractivity contribution in [1.29, 1.82) is 0 Å². The standard InChI is InChI=1S/C45H30N2.C7H8/c46-41-26-29(23-25-42(41)47-30-13-2-1-3-14-30)36-27-40-44(35-19-7-6-16-32(35)36)43-31-15-5-4-12-28(31)22-24-39(43)45(40)37-20-10-8-17-33(37)34-18-9-11-21-38(34)45;1-7-5-3-2-4-6-7/h1-27,47H,46H2;2-6H,1H3. The first-order valence-corrected chi connectivity index (χ1v) is 18.6. The van der Waals surface area contributed by atoms with Crippen molar-refractivity contribution in [3.05, 3.63) is 222 Å². The van der Waals surface area contributed by atoms with Crippen LogP contribution in [0.1, 0.15) is 27.8 Å². The number of rotatable bonds is 3. The van der Waals surface area contributed by atoms with E-state index in [9.17, 15) is 0 Å². The highest BCUT2D eigenvalue weighted by Gasteiger charge is 2.52. The maximum Gasteiger partial charge on any atom is 0.0726 e. The molecule has 2 nitrogen and oxygen atoms in total. The molecule has 0 heterocycles. The summed E-state index contributed by atoms with van der Waals surface area (Å²) in [5.41, 5.74) is 23.3. The Morgan fingerprint density at radius 3 is 1.67 bits per heavy atom. The molecule has 3 N–H and O–H groups in total. The summed E-state index contributed by atoms with van der Waals surface area (Å²) >= 11 is 0. The summed E-state index contributed by atoms with van der Waals surface area (Å²) in [5.74, 6) is 0. The first-order chi connectivity index (χ1) is 26.6. The lowest BCUT2D eigenvalue weighted by Gasteiger charge is -2.31. The smallest absolute Gasteiger partial charge is 0.0726 e. The number of fused-ring (bicyclic) bond motifs is 14. The quantitative estimate of drug-likeness (QED) is 0.181. The Kier molecular flexibility index (Phi) is 7.45. The minimum Gasteiger partial charge on any atom is -0.397 e. The van der Waals surface area contributed by atoms with Crippen molar-refractivity contribution in [2.75, 3.05) is 11.1 Å². The SMILES string of the molecule is Cc1ccccc1.Nc1cc(-c2cc3c(c4ccccc24)-c2c(ccc4ccccc24)C32c3ccccc3-c3ccccc32)ccc1Nc1ccccc1. The van der Waals surface area contributed by atoms with Gasteiger partial charge in [-0.25, -0.2) is 0 Å². The monoisotopic (exact) mass is 690 g/mol. The van der Waals surface area contributed by atoms with Gasteiger partial charge in [0, 0.05) is 5.69 Å². The molecule has 0 atom stereocenters. The topological polar surface area (TPSA) is 38.0 Å². The molecule has 11 rings (SSSR count). The number of aryl methyl sites for hydroxylation is 1. The van der Waals surface area contributed by atoms with E-state index in [1.165, 1.54) is 77.2 Å². The molecule has 2 heteroatoms. The maximum atomic E-state index is 6.77. The second-order valence-corrected chi connectivity index (χ2v) is 14.4. The Labute approximate surface area is 316 Å². The molecule has 2 aliphatic rings. The summed E-state index contributed by atoms with van der Waals surface area (Å²) in [4.78, 5) is 0. The van der Waals surface area contributed by atoms with E-state index in [1.54, 1.807) is 0 Å². The lowest BCUT2D eigenvalue weighted by Crippen LogP contribution is -2.26. The lowest BCUT2D eigenvalue weighted by atomic mass is 9.70. The Morgan fingerprint density at radius 1 is 0.426 bits per heavy atom. The van der Waals surface area contributed by atoms with Crippen LogP contribution in [0.5, 0.6) is 0 Å². The third-order valence-corrected chi connectivity index (χ3v) is 11.3. The number of benzene rings is 9. The van der Waals surface area contributed by atoms with Crippen molar-refractivity contribution < 1.29 is 0 Å². The fraction of sp³-hybridized carbons (Fsp3) is 0.0385. The van der Waals surface area contributed by atoms with Gasteiger partial charge in [0.2, 0.25) is 0 Å². The van der Waals surface area contributed by atoms with Crippen LogP contribution in [0.25, 0.3) is 54.9 Å². The molecule has 1 spiro atoms. The normalized spacial score (nSPS) is 12.8. The highest BCUT2D eigenvalue weighted by Crippen LogP contribution is 2.65. The van der Waals surface area contributed by atoms with Crippen LogP contribution in [0.4, 0.5) is 17.1 Å². The summed E-state index contributed by atoms with van der Waals surface area (Å²) in [6.45, 7) is 2.08. The van der Waals surface area contributed by atoms with E-state index < -0.39 is 5.41 Å². The van der Waals surface area contributed by atoms with E-state index in [-0.39, 0.29) is 0 Å². The summed E-state index contributed by atoms with van der Waals surface area (Å²) in [6, 6.07) is 69.9. The molecule has 9 aromatic carbocycles. The minimum absolute atomic E-state index is 0.443. The molecule has 0 saturated carbocycles. The van der Waals surface area contributed by atoms with Crippen molar-refractivity contribution in [1.82, 2.24) is 0 Å². The molecular weight excluding hydrogens is 653 g/mol. The van der Waals surface area contributed by atoms with Crippen LogP contribution < -0.4 is 11.1 Å². The second-order valence-electron chi connectivity index (χ2n) is 14.4. The molecule has 9 aromatic rings. The molecule has 0 bridgehead atoms. The van der Waals surface area contributed by atoms with Crippen LogP contribution >= 0.6 is 0 Å². The van der Waals surface area contributed by atoms with Crippen LogP contribution in [0.2, 0.25) is 0 Å². The van der Waals surface area contributed by atoms with Crippen molar-refractivity contribution in [2.24, 2.45) is 0 Å². The summed E-state index contributed by atoms with van der Waals surface area (Å²) in [5, 5.41) is 8.54. The van der Waals surface area contributed by atoms with Crippen molar-refractivity contribution in [3.8, 4) is 33.4 Å². The molecule has 0 aliphatic heterocycles. The zero-order valence-electron chi connectivity index (χ0n) is 30.1. The highest BCUT2D eigenvalue weighted by atomic mass is 14.9. The number of nitrogens with one attached hydrogen (secondary N) is 1. The van der Waals surface area contributed by atoms with E-state index >= 15 is 0 Å². The van der Waals surface area contributed by atoms with E-state index in [4.69, 9.17) is 5.73 Å². The van der Waals surface area contributed by atoms with Crippen LogP contribution in [0.3, 0.4) is 0 Å². The van der Waals surface area contributed by atoms with Gasteiger partial charge in [0.25, 0.3) is 0 Å². The van der Waals surface area contributed by atoms with Crippen molar-refractivity contribution in [3.63, 3.8) is 0 Å². The largest absolute Gasteiger partial charge is 0.397 e. The summed E-state index contributed by atoms with van der Waals surface area (Å²) in [6.07, 6.45) is 0. The van der Waals surface area contributed by atoms with Gasteiger partial charge in [0.05, 0.1) is 16.8 Å². The predicted octanol–water partition coefficient (Wildman–Crippen LogP) is 13.3. The molecule has 0 radical (unpaired) electrons. The molecule has 256 valence electrons. The van der Waals surface area contributed by atoms with Crippen LogP contribution in [0, 0.1) is 6.92 Å². The number of nitrogens with two attached hydrogens (primary N) is 1. The molecule has 0 amide bonds. The van der Waals surface area contributed by atoms with Gasteiger partial charge in [-0.3, -0.25) is 0 Å². The maximum absolute atomic E-state index is 6.77. The fourth-order valence-electron chi connectivity index (χ4n) is 9.05. The molecule has 0 unspecified atom stereocenters. The molecule has 2 aliphatic carbocycles. The zero-order chi connectivity index (χ0) is 36.2. The Balaban J connectivity index is 0.000000467. The van der Waals surface area contributed by atoms with Gasteiger partial charge in [0.15, 0.2) is 0 Å². The fourth-order valence-corrected chi connectivity index (χ4v) is 9.05. The predicted molar refractivity (Wildman–Crippen MR) is 229 cm³/mol. The second kappa shape index (κ2) is 12.6. The van der Waals surface area contributed by atoms with Gasteiger partial charge in [-0.05, 0) is 114 Å². The molecule has 0 aromatic heterocycles. The van der Waals surface area contributed by atoms with Crippen molar-refractivity contribution in [2.45, 2.75) is 12.3 Å².